The van der Waals surface area contributed by atoms with E-state index in [-0.39, 0.29) is 42.6 Å². The molecule has 320 valence electrons. The average molecular weight is 801 g/mol. The molecular weight excluding hydrogens is 729 g/mol. The summed E-state index contributed by atoms with van der Waals surface area (Å²) < 4.78 is 0. The Morgan fingerprint density at radius 1 is 1.02 bits per heavy atom. The fraction of sp³-hybridized carbons (Fsp3) is 0.612. The van der Waals surface area contributed by atoms with Gasteiger partial charge >= 0.3 is 5.97 Å². The summed E-state index contributed by atoms with van der Waals surface area (Å²) in [7, 11) is 0. The topological polar surface area (TPSA) is 163 Å². The molecule has 2 heterocycles. The summed E-state index contributed by atoms with van der Waals surface area (Å²) in [6, 6.07) is 12.6. The summed E-state index contributed by atoms with van der Waals surface area (Å²) in [6.45, 7) is 7.84. The van der Waals surface area contributed by atoms with E-state index in [2.05, 4.69) is 61.4 Å². The molecule has 2 aromatic rings. The van der Waals surface area contributed by atoms with Gasteiger partial charge in [-0.2, -0.15) is 0 Å². The maximum Gasteiger partial charge on any atom is 0.303 e. The Labute approximate surface area is 348 Å². The van der Waals surface area contributed by atoms with Crippen molar-refractivity contribution in [1.29, 1.82) is 0 Å². The highest BCUT2D eigenvalue weighted by atomic mass is 16.4. The molecule has 2 aliphatic heterocycles. The van der Waals surface area contributed by atoms with Crippen LogP contribution in [-0.2, 0) is 24.1 Å². The van der Waals surface area contributed by atoms with Crippen molar-refractivity contribution in [2.24, 2.45) is 5.92 Å². The van der Waals surface area contributed by atoms with Crippen LogP contribution in [0.1, 0.15) is 140 Å². The summed E-state index contributed by atoms with van der Waals surface area (Å²) >= 11 is 0. The van der Waals surface area contributed by atoms with Crippen molar-refractivity contribution in [3.63, 3.8) is 0 Å². The number of hydrogen-bond acceptors (Lipinski definition) is 8. The summed E-state index contributed by atoms with van der Waals surface area (Å²) in [5, 5.41) is 72.4. The van der Waals surface area contributed by atoms with Gasteiger partial charge in [0.15, 0.2) is 0 Å². The van der Waals surface area contributed by atoms with Gasteiger partial charge < -0.3 is 41.3 Å². The van der Waals surface area contributed by atoms with Crippen LogP contribution in [0.15, 0.2) is 65.8 Å². The van der Waals surface area contributed by atoms with E-state index in [9.17, 15) is 35.4 Å². The quantitative estimate of drug-likeness (QED) is 0.0539. The van der Waals surface area contributed by atoms with Crippen molar-refractivity contribution in [1.82, 2.24) is 10.6 Å². The first-order valence-electron chi connectivity index (χ1n) is 22.0. The number of aryl methyl sites for hydroxylation is 2. The predicted octanol–water partition coefficient (Wildman–Crippen LogP) is 7.29. The molecule has 0 aliphatic carbocycles. The molecule has 58 heavy (non-hydrogen) atoms. The molecular formula is C49H72N2O7. The molecule has 1 saturated heterocycles. The summed E-state index contributed by atoms with van der Waals surface area (Å²) in [6.07, 6.45) is 14.0. The highest BCUT2D eigenvalue weighted by Crippen LogP contribution is 2.32. The maximum atomic E-state index is 12.4. The van der Waals surface area contributed by atoms with Gasteiger partial charge in [-0.05, 0) is 118 Å². The van der Waals surface area contributed by atoms with E-state index in [1.54, 1.807) is 12.1 Å². The van der Waals surface area contributed by atoms with E-state index in [1.165, 1.54) is 0 Å². The van der Waals surface area contributed by atoms with Gasteiger partial charge in [0.05, 0.1) is 24.4 Å². The molecule has 0 bridgehead atoms. The Bertz CT molecular complexity index is 1690. The van der Waals surface area contributed by atoms with Crippen LogP contribution in [0, 0.1) is 17.8 Å². The second-order valence-corrected chi connectivity index (χ2v) is 17.2. The van der Waals surface area contributed by atoms with Crippen molar-refractivity contribution >= 4 is 5.97 Å². The van der Waals surface area contributed by atoms with Gasteiger partial charge in [-0.1, -0.05) is 100 Å². The van der Waals surface area contributed by atoms with E-state index in [1.807, 2.05) is 31.2 Å². The molecule has 1 fully saturated rings. The lowest BCUT2D eigenvalue weighted by Gasteiger charge is -2.38. The van der Waals surface area contributed by atoms with Crippen molar-refractivity contribution in [3.05, 3.63) is 88.0 Å². The second kappa shape index (κ2) is 23.9. The number of aliphatic hydroxyl groups is 4. The smallest absolute Gasteiger partial charge is 0.303 e. The third-order valence-electron chi connectivity index (χ3n) is 12.3. The lowest BCUT2D eigenvalue weighted by Crippen LogP contribution is -2.54. The number of hydrogen-bond donors (Lipinski definition) is 8. The van der Waals surface area contributed by atoms with E-state index in [0.29, 0.717) is 38.5 Å². The van der Waals surface area contributed by atoms with Gasteiger partial charge in [0.2, 0.25) is 0 Å². The van der Waals surface area contributed by atoms with Crippen LogP contribution < -0.4 is 10.6 Å². The Balaban J connectivity index is 1.85. The number of carbonyl (C=O) groups is 1. The number of carboxylic acid groups (broad SMARTS) is 1. The minimum absolute atomic E-state index is 0.0211. The highest BCUT2D eigenvalue weighted by Gasteiger charge is 2.35. The predicted molar refractivity (Wildman–Crippen MR) is 233 cm³/mol. The lowest BCUT2D eigenvalue weighted by atomic mass is 9.82. The minimum atomic E-state index is -1.29. The number of allylic oxidation sites excluding steroid dienone is 2. The van der Waals surface area contributed by atoms with Crippen molar-refractivity contribution in [2.45, 2.75) is 179 Å². The maximum absolute atomic E-state index is 12.4. The van der Waals surface area contributed by atoms with Crippen LogP contribution in [0.3, 0.4) is 0 Å². The van der Waals surface area contributed by atoms with E-state index < -0.39 is 36.4 Å². The Morgan fingerprint density at radius 2 is 1.79 bits per heavy atom. The van der Waals surface area contributed by atoms with E-state index >= 15 is 0 Å². The molecule has 9 heteroatoms. The SMILES string of the molecule is CCCCC[C@H](O)C=CC1=C(C[C@H](O)CO)[C@H](CCC[C@H]2N[C@@H](C)CCC[C@H]2CC(=O)O)N[C@@H]([C@@](C)(O)Cc2ccc(O)cc2)CC#Cc2c(CC)cccc2CC1. The molecule has 8 N–H and O–H groups in total. The molecule has 4 rings (SSSR count). The Kier molecular flexibility index (Phi) is 19.5. The van der Waals surface area contributed by atoms with Crippen LogP contribution in [0.5, 0.6) is 5.75 Å². The lowest BCUT2D eigenvalue weighted by molar-refractivity contribution is -0.138. The minimum Gasteiger partial charge on any atom is -0.508 e. The van der Waals surface area contributed by atoms with E-state index in [0.717, 1.165) is 91.2 Å². The molecule has 0 saturated carbocycles. The molecule has 0 spiro atoms. The largest absolute Gasteiger partial charge is 0.508 e. The third-order valence-corrected chi connectivity index (χ3v) is 12.3. The van der Waals surface area contributed by atoms with Crippen LogP contribution in [0.4, 0.5) is 0 Å². The normalized spacial score (nSPS) is 24.0. The molecule has 2 aliphatic rings. The number of phenols is 1. The zero-order chi connectivity index (χ0) is 42.1. The van der Waals surface area contributed by atoms with Gasteiger partial charge in [-0.25, -0.2) is 0 Å². The molecule has 0 aromatic heterocycles. The number of unbranched alkanes of at least 4 members (excludes halogenated alkanes) is 2. The van der Waals surface area contributed by atoms with Crippen LogP contribution in [0.2, 0.25) is 0 Å². The third kappa shape index (κ3) is 15.0. The zero-order valence-corrected chi connectivity index (χ0v) is 35.6. The van der Waals surface area contributed by atoms with E-state index in [4.69, 9.17) is 0 Å². The number of aromatic hydroxyl groups is 1. The van der Waals surface area contributed by atoms with Gasteiger partial charge in [0.1, 0.15) is 5.75 Å². The number of aliphatic carboxylic acids is 1. The first-order chi connectivity index (χ1) is 27.8. The first kappa shape index (κ1) is 47.2. The summed E-state index contributed by atoms with van der Waals surface area (Å²) in [5.74, 6) is 6.37. The van der Waals surface area contributed by atoms with Gasteiger partial charge in [0.25, 0.3) is 0 Å². The van der Waals surface area contributed by atoms with Crippen LogP contribution in [-0.4, -0.2) is 85.2 Å². The first-order valence-corrected chi connectivity index (χ1v) is 22.0. The van der Waals surface area contributed by atoms with Crippen LogP contribution in [0.25, 0.3) is 0 Å². The molecule has 0 amide bonds. The summed E-state index contributed by atoms with van der Waals surface area (Å²) in [4.78, 5) is 11.9. The number of phenolic OH excluding ortho intramolecular Hbond substituents is 1. The number of benzene rings is 2. The molecule has 0 radical (unpaired) electrons. The van der Waals surface area contributed by atoms with Gasteiger partial charge in [-0.15, -0.1) is 0 Å². The number of fused-ring (bicyclic) bond motifs is 1. The molecule has 0 unspecified atom stereocenters. The van der Waals surface area contributed by atoms with Crippen molar-refractivity contribution in [3.8, 4) is 17.6 Å². The summed E-state index contributed by atoms with van der Waals surface area (Å²) in [5.41, 5.74) is 4.75. The number of aliphatic hydroxyl groups excluding tert-OH is 3. The Morgan fingerprint density at radius 3 is 2.50 bits per heavy atom. The standard InChI is InChI=1S/C49H72N2O7/c1-5-7-8-17-40(53)29-26-38-25-24-37-15-10-14-36(6-2)43(37)18-11-21-47(49(4,58)32-35-22-27-41(54)28-23-35)51-46(44(38)31-42(55)33-52)20-12-19-45-39(30-48(56)57)16-9-13-34(3)50-45/h10,14-15,22-23,26-29,34,39-40,42,45-47,50-55,58H,5-9,12-13,16-17,19-21,24-25,30-33H2,1-4H3,(H,56,57)/t34-,39-,40-,42-,45+,46-,47+,49-/m0/s1. The highest BCUT2D eigenvalue weighted by molar-refractivity contribution is 5.67. The zero-order valence-electron chi connectivity index (χ0n) is 35.6. The number of rotatable bonds is 19. The average Bonchev–Trinajstić information content (AvgIpc) is 3.36. The van der Waals surface area contributed by atoms with Crippen molar-refractivity contribution < 1.29 is 35.4 Å². The monoisotopic (exact) mass is 801 g/mol. The number of carboxylic acids is 1. The molecule has 8 atom stereocenters. The fourth-order valence-corrected chi connectivity index (χ4v) is 8.93. The second-order valence-electron chi connectivity index (χ2n) is 17.2. The molecule has 9 nitrogen and oxygen atoms in total. The van der Waals surface area contributed by atoms with Crippen molar-refractivity contribution in [2.75, 3.05) is 6.61 Å². The van der Waals surface area contributed by atoms with Gasteiger partial charge in [-0.3, -0.25) is 4.79 Å². The Hall–Kier alpha value is -3.49. The fourth-order valence-electron chi connectivity index (χ4n) is 8.93. The van der Waals surface area contributed by atoms with Gasteiger partial charge in [0, 0.05) is 49.0 Å². The van der Waals surface area contributed by atoms with Crippen LogP contribution >= 0.6 is 0 Å². The molecule has 2 aromatic carbocycles. The number of nitrogens with one attached hydrogen (secondary N) is 2.